The van der Waals surface area contributed by atoms with Gasteiger partial charge in [0.15, 0.2) is 0 Å². The Bertz CT molecular complexity index is 995. The summed E-state index contributed by atoms with van der Waals surface area (Å²) in [5.74, 6) is 0.0328. The minimum atomic E-state index is 0.0328. The van der Waals surface area contributed by atoms with Gasteiger partial charge in [-0.15, -0.1) is 0 Å². The second kappa shape index (κ2) is 11.7. The van der Waals surface area contributed by atoms with Crippen LogP contribution in [0.5, 0.6) is 0 Å². The summed E-state index contributed by atoms with van der Waals surface area (Å²) in [5.41, 5.74) is 6.17. The highest BCUT2D eigenvalue weighted by Gasteiger charge is 2.27. The van der Waals surface area contributed by atoms with Crippen LogP contribution in [-0.2, 0) is 16.1 Å². The molecule has 168 valence electrons. The van der Waals surface area contributed by atoms with Crippen molar-refractivity contribution in [3.63, 3.8) is 0 Å². The molecular formula is C26H37N3O2. The molecule has 2 heterocycles. The molecule has 0 radical (unpaired) electrons. The molecule has 2 aromatic rings. The van der Waals surface area contributed by atoms with E-state index in [9.17, 15) is 4.79 Å². The van der Waals surface area contributed by atoms with Crippen molar-refractivity contribution in [2.24, 2.45) is 4.99 Å². The summed E-state index contributed by atoms with van der Waals surface area (Å²) >= 11 is 0. The number of hydrogen-bond donors (Lipinski definition) is 0. The van der Waals surface area contributed by atoms with Crippen LogP contribution < -0.4 is 0 Å². The maximum Gasteiger partial charge on any atom is 0.251 e. The normalized spacial score (nSPS) is 15.9. The molecule has 1 aliphatic rings. The van der Waals surface area contributed by atoms with E-state index in [1.165, 1.54) is 10.9 Å². The fourth-order valence-electron chi connectivity index (χ4n) is 3.99. The molecule has 5 heteroatoms. The van der Waals surface area contributed by atoms with Crippen molar-refractivity contribution in [1.29, 1.82) is 0 Å². The van der Waals surface area contributed by atoms with E-state index < -0.39 is 0 Å². The highest BCUT2D eigenvalue weighted by molar-refractivity contribution is 6.18. The number of carbonyl (C=O) groups excluding carboxylic acids is 1. The molecule has 1 aromatic heterocycles. The number of hydrogen-bond acceptors (Lipinski definition) is 3. The number of allylic oxidation sites excluding steroid dienone is 3. The molecule has 0 N–H and O–H groups in total. The van der Waals surface area contributed by atoms with Crippen molar-refractivity contribution in [2.45, 2.75) is 47.6 Å². The van der Waals surface area contributed by atoms with Crippen LogP contribution in [0.25, 0.3) is 10.9 Å². The van der Waals surface area contributed by atoms with Crippen molar-refractivity contribution >= 4 is 22.5 Å². The Morgan fingerprint density at radius 1 is 1.26 bits per heavy atom. The second-order valence-corrected chi connectivity index (χ2v) is 7.31. The van der Waals surface area contributed by atoms with Gasteiger partial charge in [-0.25, -0.2) is 0 Å². The third kappa shape index (κ3) is 5.16. The number of likely N-dealkylation sites (N-methyl/N-ethyl adjacent to an activating group) is 1. The lowest BCUT2D eigenvalue weighted by Crippen LogP contribution is -2.32. The molecule has 3 rings (SSSR count). The van der Waals surface area contributed by atoms with E-state index in [1.807, 2.05) is 47.0 Å². The largest absolute Gasteiger partial charge is 0.380 e. The SMILES string of the molecule is CC.CC/C=C1/C=C(C(=O)N(C)CCOCC)Cn2c(c(C)c3ccccc32)C1=NC. The molecule has 1 aromatic carbocycles. The van der Waals surface area contributed by atoms with Crippen LogP contribution in [0.4, 0.5) is 0 Å². The third-order valence-electron chi connectivity index (χ3n) is 5.42. The number of nitrogens with zero attached hydrogens (tertiary/aromatic N) is 3. The molecule has 0 fully saturated rings. The number of amides is 1. The zero-order valence-corrected chi connectivity index (χ0v) is 20.2. The third-order valence-corrected chi connectivity index (χ3v) is 5.42. The molecule has 0 aliphatic carbocycles. The van der Waals surface area contributed by atoms with Crippen molar-refractivity contribution in [1.82, 2.24) is 9.47 Å². The van der Waals surface area contributed by atoms with Gasteiger partial charge in [0.05, 0.1) is 24.6 Å². The molecule has 0 saturated heterocycles. The number of ether oxygens (including phenoxy) is 1. The highest BCUT2D eigenvalue weighted by Crippen LogP contribution is 2.32. The van der Waals surface area contributed by atoms with Crippen molar-refractivity contribution in [3.8, 4) is 0 Å². The summed E-state index contributed by atoms with van der Waals surface area (Å²) in [6, 6.07) is 8.37. The smallest absolute Gasteiger partial charge is 0.251 e. The molecule has 0 unspecified atom stereocenters. The first-order valence-corrected chi connectivity index (χ1v) is 11.3. The quantitative estimate of drug-likeness (QED) is 0.602. The number of benzene rings is 1. The van der Waals surface area contributed by atoms with Crippen molar-refractivity contribution < 1.29 is 9.53 Å². The van der Waals surface area contributed by atoms with Gasteiger partial charge < -0.3 is 14.2 Å². The van der Waals surface area contributed by atoms with Gasteiger partial charge in [-0.05, 0) is 43.5 Å². The topological polar surface area (TPSA) is 46.8 Å². The first-order valence-electron chi connectivity index (χ1n) is 11.3. The monoisotopic (exact) mass is 423 g/mol. The molecule has 0 spiro atoms. The van der Waals surface area contributed by atoms with Crippen LogP contribution in [0.15, 0.2) is 52.6 Å². The van der Waals surface area contributed by atoms with Gasteiger partial charge in [0, 0.05) is 43.7 Å². The average molecular weight is 424 g/mol. The van der Waals surface area contributed by atoms with Crippen molar-refractivity contribution in [2.75, 3.05) is 33.9 Å². The molecule has 0 atom stereocenters. The Kier molecular flexibility index (Phi) is 9.25. The van der Waals surface area contributed by atoms with Gasteiger partial charge in [-0.3, -0.25) is 9.79 Å². The molecule has 0 bridgehead atoms. The van der Waals surface area contributed by atoms with Crippen LogP contribution in [-0.4, -0.2) is 54.9 Å². The number of rotatable bonds is 6. The lowest BCUT2D eigenvalue weighted by Gasteiger charge is -2.19. The first-order chi connectivity index (χ1) is 15.0. The summed E-state index contributed by atoms with van der Waals surface area (Å²) in [6.45, 7) is 12.5. The van der Waals surface area contributed by atoms with E-state index in [0.29, 0.717) is 26.3 Å². The minimum absolute atomic E-state index is 0.0328. The fourth-order valence-corrected chi connectivity index (χ4v) is 3.99. The minimum Gasteiger partial charge on any atom is -0.380 e. The van der Waals surface area contributed by atoms with Gasteiger partial charge in [0.25, 0.3) is 5.91 Å². The molecular weight excluding hydrogens is 386 g/mol. The number of aryl methyl sites for hydroxylation is 1. The van der Waals surface area contributed by atoms with Gasteiger partial charge in [-0.2, -0.15) is 0 Å². The molecule has 5 nitrogen and oxygen atoms in total. The first kappa shape index (κ1) is 24.6. The molecule has 31 heavy (non-hydrogen) atoms. The summed E-state index contributed by atoms with van der Waals surface area (Å²) in [7, 11) is 3.67. The van der Waals surface area contributed by atoms with Crippen LogP contribution in [0, 0.1) is 6.92 Å². The zero-order valence-electron chi connectivity index (χ0n) is 20.2. The molecule has 0 saturated carbocycles. The van der Waals surface area contributed by atoms with Gasteiger partial charge in [0.1, 0.15) is 0 Å². The van der Waals surface area contributed by atoms with Crippen LogP contribution >= 0.6 is 0 Å². The van der Waals surface area contributed by atoms with Gasteiger partial charge >= 0.3 is 0 Å². The summed E-state index contributed by atoms with van der Waals surface area (Å²) in [6.07, 6.45) is 5.06. The Morgan fingerprint density at radius 3 is 2.61 bits per heavy atom. The van der Waals surface area contributed by atoms with E-state index in [0.717, 1.165) is 34.5 Å². The molecule has 1 amide bonds. The number of fused-ring (bicyclic) bond motifs is 3. The van der Waals surface area contributed by atoms with E-state index in [-0.39, 0.29) is 5.91 Å². The van der Waals surface area contributed by atoms with E-state index in [1.54, 1.807) is 4.90 Å². The zero-order chi connectivity index (χ0) is 23.0. The highest BCUT2D eigenvalue weighted by atomic mass is 16.5. The lowest BCUT2D eigenvalue weighted by molar-refractivity contribution is -0.126. The Morgan fingerprint density at radius 2 is 1.97 bits per heavy atom. The van der Waals surface area contributed by atoms with Crippen LogP contribution in [0.3, 0.4) is 0 Å². The fraction of sp³-hybridized carbons (Fsp3) is 0.462. The molecule has 1 aliphatic heterocycles. The summed E-state index contributed by atoms with van der Waals surface area (Å²) in [4.78, 5) is 19.7. The van der Waals surface area contributed by atoms with Crippen LogP contribution in [0.2, 0.25) is 0 Å². The van der Waals surface area contributed by atoms with Gasteiger partial charge in [-0.1, -0.05) is 45.0 Å². The Hall–Kier alpha value is -2.66. The van der Waals surface area contributed by atoms with E-state index >= 15 is 0 Å². The number of aliphatic imine (C=N–C) groups is 1. The Balaban J connectivity index is 0.00000166. The number of para-hydroxylation sites is 1. The number of carbonyl (C=O) groups is 1. The Labute approximate surface area is 187 Å². The van der Waals surface area contributed by atoms with Crippen molar-refractivity contribution in [3.05, 3.63) is 58.8 Å². The lowest BCUT2D eigenvalue weighted by atomic mass is 10.0. The second-order valence-electron chi connectivity index (χ2n) is 7.31. The summed E-state index contributed by atoms with van der Waals surface area (Å²) < 4.78 is 7.67. The van der Waals surface area contributed by atoms with E-state index in [4.69, 9.17) is 4.74 Å². The van der Waals surface area contributed by atoms with E-state index in [2.05, 4.69) is 47.7 Å². The number of aromatic nitrogens is 1. The summed E-state index contributed by atoms with van der Waals surface area (Å²) in [5, 5.41) is 1.21. The maximum atomic E-state index is 13.3. The predicted octanol–water partition coefficient (Wildman–Crippen LogP) is 5.17. The standard InChI is InChI=1S/C24H31N3O2.C2H6/c1-6-10-18-15-19(24(28)26(5)13-14-29-7-2)16-27-21-12-9-8-11-20(21)17(3)23(27)22(18)25-4;1-2/h8-12,15H,6-7,13-14,16H2,1-5H3;1-2H3/b18-10-,25-22?;. The maximum absolute atomic E-state index is 13.3. The van der Waals surface area contributed by atoms with Crippen LogP contribution in [0.1, 0.15) is 45.4 Å². The average Bonchev–Trinajstić information content (AvgIpc) is 2.96. The predicted molar refractivity (Wildman–Crippen MR) is 131 cm³/mol. The van der Waals surface area contributed by atoms with Gasteiger partial charge in [0.2, 0.25) is 0 Å².